The van der Waals surface area contributed by atoms with E-state index in [9.17, 15) is 27.1 Å². The highest BCUT2D eigenvalue weighted by Gasteiger charge is 2.58. The highest BCUT2D eigenvalue weighted by atomic mass is 19.4. The Morgan fingerprint density at radius 2 is 1.76 bits per heavy atom. The summed E-state index contributed by atoms with van der Waals surface area (Å²) in [5.41, 5.74) is 0.201. The van der Waals surface area contributed by atoms with Crippen LogP contribution in [0.4, 0.5) is 22.0 Å². The van der Waals surface area contributed by atoms with Crippen molar-refractivity contribution < 1.29 is 27.1 Å². The van der Waals surface area contributed by atoms with Crippen LogP contribution in [0.15, 0.2) is 18.2 Å². The van der Waals surface area contributed by atoms with Crippen molar-refractivity contribution in [2.75, 3.05) is 0 Å². The molecular formula is C10H10F5NO. The first-order chi connectivity index (χ1) is 7.62. The Morgan fingerprint density at radius 1 is 1.24 bits per heavy atom. The van der Waals surface area contributed by atoms with Gasteiger partial charge in [-0.15, -0.1) is 0 Å². The molecule has 7 heteroatoms. The van der Waals surface area contributed by atoms with E-state index in [0.717, 1.165) is 13.0 Å². The van der Waals surface area contributed by atoms with Crippen LogP contribution in [0.2, 0.25) is 0 Å². The minimum Gasteiger partial charge on any atom is -0.375 e. The third-order valence-corrected chi connectivity index (χ3v) is 2.45. The quantitative estimate of drug-likeness (QED) is 0.794. The van der Waals surface area contributed by atoms with Gasteiger partial charge in [0.05, 0.1) is 0 Å². The predicted octanol–water partition coefficient (Wildman–Crippen LogP) is 2.06. The summed E-state index contributed by atoms with van der Waals surface area (Å²) >= 11 is 0. The van der Waals surface area contributed by atoms with Crippen LogP contribution >= 0.6 is 0 Å². The van der Waals surface area contributed by atoms with Gasteiger partial charge in [0.15, 0.2) is 11.6 Å². The lowest BCUT2D eigenvalue weighted by Crippen LogP contribution is -2.54. The SMILES string of the molecule is CC(N)C(O)(c1cccc(F)c1F)C(F)(F)F. The number of halogens is 5. The molecule has 96 valence electrons. The van der Waals surface area contributed by atoms with E-state index in [1.54, 1.807) is 0 Å². The van der Waals surface area contributed by atoms with Crippen molar-refractivity contribution in [3.8, 4) is 0 Å². The van der Waals surface area contributed by atoms with Gasteiger partial charge in [-0.2, -0.15) is 13.2 Å². The predicted molar refractivity (Wildman–Crippen MR) is 50.0 cm³/mol. The molecule has 0 saturated carbocycles. The van der Waals surface area contributed by atoms with Gasteiger partial charge in [0, 0.05) is 11.6 Å². The van der Waals surface area contributed by atoms with E-state index >= 15 is 0 Å². The molecular weight excluding hydrogens is 245 g/mol. The molecule has 2 atom stereocenters. The molecule has 1 aromatic rings. The summed E-state index contributed by atoms with van der Waals surface area (Å²) in [6, 6.07) is 0.317. The molecule has 0 aromatic heterocycles. The Kier molecular flexibility index (Phi) is 3.45. The standard InChI is InChI=1S/C10H10F5NO/c1-5(16)9(17,10(13,14)15)6-3-2-4-7(11)8(6)12/h2-5,17H,16H2,1H3. The summed E-state index contributed by atoms with van der Waals surface area (Å²) < 4.78 is 64.4. The summed E-state index contributed by atoms with van der Waals surface area (Å²) in [4.78, 5) is 0. The highest BCUT2D eigenvalue weighted by Crippen LogP contribution is 2.42. The second kappa shape index (κ2) is 4.23. The molecule has 2 nitrogen and oxygen atoms in total. The van der Waals surface area contributed by atoms with E-state index in [0.29, 0.717) is 12.1 Å². The molecule has 0 fully saturated rings. The van der Waals surface area contributed by atoms with Crippen molar-refractivity contribution >= 4 is 0 Å². The van der Waals surface area contributed by atoms with Crippen molar-refractivity contribution in [1.29, 1.82) is 0 Å². The van der Waals surface area contributed by atoms with Crippen LogP contribution in [0.3, 0.4) is 0 Å². The van der Waals surface area contributed by atoms with Gasteiger partial charge in [0.25, 0.3) is 0 Å². The molecule has 3 N–H and O–H groups in total. The number of aliphatic hydroxyl groups is 1. The molecule has 0 spiro atoms. The first kappa shape index (κ1) is 13.9. The fourth-order valence-electron chi connectivity index (χ4n) is 1.45. The normalized spacial score (nSPS) is 17.6. The molecule has 17 heavy (non-hydrogen) atoms. The monoisotopic (exact) mass is 255 g/mol. The number of alkyl halides is 3. The smallest absolute Gasteiger partial charge is 0.375 e. The lowest BCUT2D eigenvalue weighted by atomic mass is 9.86. The zero-order valence-electron chi connectivity index (χ0n) is 8.72. The maximum atomic E-state index is 13.3. The molecule has 0 aliphatic rings. The van der Waals surface area contributed by atoms with E-state index in [-0.39, 0.29) is 0 Å². The van der Waals surface area contributed by atoms with E-state index in [2.05, 4.69) is 0 Å². The van der Waals surface area contributed by atoms with E-state index in [1.165, 1.54) is 0 Å². The van der Waals surface area contributed by atoms with E-state index in [1.807, 2.05) is 0 Å². The molecule has 0 amide bonds. The van der Waals surface area contributed by atoms with Crippen molar-refractivity contribution in [3.63, 3.8) is 0 Å². The Balaban J connectivity index is 3.50. The van der Waals surface area contributed by atoms with Crippen molar-refractivity contribution in [2.45, 2.75) is 24.7 Å². The molecule has 0 bridgehead atoms. The first-order valence-corrected chi connectivity index (χ1v) is 4.61. The Bertz CT molecular complexity index is 418. The Morgan fingerprint density at radius 3 is 2.18 bits per heavy atom. The number of nitrogens with two attached hydrogens (primary N) is 1. The number of rotatable bonds is 2. The minimum absolute atomic E-state index is 0.648. The molecule has 0 radical (unpaired) electrons. The summed E-state index contributed by atoms with van der Waals surface area (Å²) in [5, 5.41) is 9.54. The fraction of sp³-hybridized carbons (Fsp3) is 0.400. The van der Waals surface area contributed by atoms with E-state index < -0.39 is 35.0 Å². The van der Waals surface area contributed by atoms with Gasteiger partial charge in [-0.3, -0.25) is 0 Å². The van der Waals surface area contributed by atoms with Crippen molar-refractivity contribution in [2.24, 2.45) is 5.73 Å². The van der Waals surface area contributed by atoms with Gasteiger partial charge in [0.1, 0.15) is 0 Å². The Labute approximate surface area is 93.9 Å². The van der Waals surface area contributed by atoms with Gasteiger partial charge < -0.3 is 10.8 Å². The lowest BCUT2D eigenvalue weighted by molar-refractivity contribution is -0.273. The molecule has 0 aliphatic carbocycles. The van der Waals surface area contributed by atoms with Crippen LogP contribution in [0.5, 0.6) is 0 Å². The molecule has 2 unspecified atom stereocenters. The van der Waals surface area contributed by atoms with Crippen LogP contribution in [-0.4, -0.2) is 17.3 Å². The molecule has 0 heterocycles. The average molecular weight is 255 g/mol. The average Bonchev–Trinajstić information content (AvgIpc) is 2.19. The zero-order valence-corrected chi connectivity index (χ0v) is 8.72. The van der Waals surface area contributed by atoms with Crippen molar-refractivity contribution in [1.82, 2.24) is 0 Å². The number of benzene rings is 1. The summed E-state index contributed by atoms with van der Waals surface area (Å²) in [6.45, 7) is 0.859. The van der Waals surface area contributed by atoms with Gasteiger partial charge in [0.2, 0.25) is 5.60 Å². The Hall–Kier alpha value is -1.21. The highest BCUT2D eigenvalue weighted by molar-refractivity contribution is 5.28. The van der Waals surface area contributed by atoms with Crippen LogP contribution in [0.25, 0.3) is 0 Å². The minimum atomic E-state index is -5.21. The zero-order chi connectivity index (χ0) is 13.4. The maximum absolute atomic E-state index is 13.3. The van der Waals surface area contributed by atoms with Crippen LogP contribution < -0.4 is 5.73 Å². The maximum Gasteiger partial charge on any atom is 0.423 e. The summed E-state index contributed by atoms with van der Waals surface area (Å²) in [7, 11) is 0. The van der Waals surface area contributed by atoms with Gasteiger partial charge >= 0.3 is 6.18 Å². The fourth-order valence-corrected chi connectivity index (χ4v) is 1.45. The molecule has 0 aliphatic heterocycles. The van der Waals surface area contributed by atoms with Crippen LogP contribution in [-0.2, 0) is 5.60 Å². The summed E-state index contributed by atoms with van der Waals surface area (Å²) in [6.07, 6.45) is -5.21. The van der Waals surface area contributed by atoms with Crippen molar-refractivity contribution in [3.05, 3.63) is 35.4 Å². The number of hydrogen-bond donors (Lipinski definition) is 2. The molecule has 0 saturated heterocycles. The molecule has 1 aromatic carbocycles. The molecule has 1 rings (SSSR count). The van der Waals surface area contributed by atoms with Gasteiger partial charge in [-0.1, -0.05) is 12.1 Å². The third kappa shape index (κ3) is 2.12. The second-order valence-corrected chi connectivity index (χ2v) is 3.65. The lowest BCUT2D eigenvalue weighted by Gasteiger charge is -2.34. The van der Waals surface area contributed by atoms with Gasteiger partial charge in [-0.25, -0.2) is 8.78 Å². The van der Waals surface area contributed by atoms with Crippen LogP contribution in [0.1, 0.15) is 12.5 Å². The first-order valence-electron chi connectivity index (χ1n) is 4.61. The van der Waals surface area contributed by atoms with Gasteiger partial charge in [-0.05, 0) is 13.0 Å². The number of hydrogen-bond acceptors (Lipinski definition) is 2. The summed E-state index contributed by atoms with van der Waals surface area (Å²) in [5.74, 6) is -3.24. The topological polar surface area (TPSA) is 46.2 Å². The third-order valence-electron chi connectivity index (χ3n) is 2.45. The van der Waals surface area contributed by atoms with Crippen LogP contribution in [0, 0.1) is 11.6 Å². The second-order valence-electron chi connectivity index (χ2n) is 3.65. The largest absolute Gasteiger partial charge is 0.423 e. The van der Waals surface area contributed by atoms with E-state index in [4.69, 9.17) is 5.73 Å².